The Labute approximate surface area is 95.5 Å². The van der Waals surface area contributed by atoms with E-state index in [9.17, 15) is 8.42 Å². The van der Waals surface area contributed by atoms with Crippen molar-refractivity contribution in [2.75, 3.05) is 0 Å². The lowest BCUT2D eigenvalue weighted by Crippen LogP contribution is -2.03. The summed E-state index contributed by atoms with van der Waals surface area (Å²) >= 11 is 0. The maximum atomic E-state index is 12.2. The standard InChI is InChI=1S/C13H10O2S/c1-11-7-5-6-10-13(11)16(14,15)12-8-3-2-4-9-12/h1-10H. The van der Waals surface area contributed by atoms with E-state index in [1.54, 1.807) is 48.5 Å². The van der Waals surface area contributed by atoms with Crippen LogP contribution >= 0.6 is 0 Å². The normalized spacial score (nSPS) is 11.3. The van der Waals surface area contributed by atoms with Crippen LogP contribution in [-0.2, 0) is 9.84 Å². The first-order chi connectivity index (χ1) is 7.62. The number of hydrogen-bond acceptors (Lipinski definition) is 2. The molecule has 80 valence electrons. The first kappa shape index (κ1) is 10.9. The van der Waals surface area contributed by atoms with Gasteiger partial charge in [0.1, 0.15) is 0 Å². The quantitative estimate of drug-likeness (QED) is 0.794. The minimum Gasteiger partial charge on any atom is -0.219 e. The molecule has 2 radical (unpaired) electrons. The van der Waals surface area contributed by atoms with E-state index >= 15 is 0 Å². The van der Waals surface area contributed by atoms with Gasteiger partial charge in [0.25, 0.3) is 0 Å². The van der Waals surface area contributed by atoms with Crippen LogP contribution in [0.15, 0.2) is 64.4 Å². The highest BCUT2D eigenvalue weighted by molar-refractivity contribution is 7.91. The molecule has 0 atom stereocenters. The molecule has 0 bridgehead atoms. The molecule has 0 heterocycles. The van der Waals surface area contributed by atoms with Crippen molar-refractivity contribution in [3.8, 4) is 0 Å². The zero-order chi connectivity index (χ0) is 11.6. The van der Waals surface area contributed by atoms with Gasteiger partial charge in [-0.15, -0.1) is 0 Å². The van der Waals surface area contributed by atoms with E-state index in [1.807, 2.05) is 0 Å². The van der Waals surface area contributed by atoms with Crippen LogP contribution in [0, 0.1) is 6.92 Å². The van der Waals surface area contributed by atoms with Gasteiger partial charge in [0.15, 0.2) is 0 Å². The Hall–Kier alpha value is -1.61. The lowest BCUT2D eigenvalue weighted by Gasteiger charge is -2.06. The van der Waals surface area contributed by atoms with Crippen molar-refractivity contribution in [2.45, 2.75) is 9.79 Å². The largest absolute Gasteiger partial charge is 0.219 e. The molecule has 0 N–H and O–H groups in total. The lowest BCUT2D eigenvalue weighted by atomic mass is 10.2. The van der Waals surface area contributed by atoms with Crippen molar-refractivity contribution in [2.24, 2.45) is 0 Å². The molecule has 3 heteroatoms. The summed E-state index contributed by atoms with van der Waals surface area (Å²) in [6.07, 6.45) is 0. The molecule has 0 fully saturated rings. The Morgan fingerprint density at radius 1 is 0.812 bits per heavy atom. The zero-order valence-electron chi connectivity index (χ0n) is 8.50. The fraction of sp³-hybridized carbons (Fsp3) is 0. The third-order valence-corrected chi connectivity index (χ3v) is 4.11. The molecule has 0 aliphatic carbocycles. The van der Waals surface area contributed by atoms with Gasteiger partial charge in [-0.05, 0) is 23.8 Å². The summed E-state index contributed by atoms with van der Waals surface area (Å²) in [4.78, 5) is 0.411. The summed E-state index contributed by atoms with van der Waals surface area (Å²) in [5, 5.41) is 0. The van der Waals surface area contributed by atoms with Gasteiger partial charge >= 0.3 is 0 Å². The summed E-state index contributed by atoms with van der Waals surface area (Å²) in [7, 11) is -3.49. The molecule has 0 aromatic heterocycles. The van der Waals surface area contributed by atoms with Crippen LogP contribution in [-0.4, -0.2) is 8.42 Å². The monoisotopic (exact) mass is 230 g/mol. The average molecular weight is 230 g/mol. The van der Waals surface area contributed by atoms with Crippen molar-refractivity contribution in [3.63, 3.8) is 0 Å². The van der Waals surface area contributed by atoms with Crippen LogP contribution < -0.4 is 0 Å². The molecule has 0 saturated carbocycles. The Balaban J connectivity index is 2.62. The number of rotatable bonds is 2. The van der Waals surface area contributed by atoms with Gasteiger partial charge in [0.2, 0.25) is 9.84 Å². The fourth-order valence-electron chi connectivity index (χ4n) is 1.45. The Morgan fingerprint density at radius 3 is 2.00 bits per heavy atom. The number of benzene rings is 2. The molecular formula is C13H10O2S. The van der Waals surface area contributed by atoms with Crippen molar-refractivity contribution in [3.05, 3.63) is 67.1 Å². The topological polar surface area (TPSA) is 34.1 Å². The highest BCUT2D eigenvalue weighted by Gasteiger charge is 2.18. The van der Waals surface area contributed by atoms with Crippen LogP contribution in [0.3, 0.4) is 0 Å². The summed E-state index contributed by atoms with van der Waals surface area (Å²) < 4.78 is 24.3. The molecule has 2 aromatic carbocycles. The second kappa shape index (κ2) is 4.10. The van der Waals surface area contributed by atoms with E-state index in [1.165, 1.54) is 6.07 Å². The highest BCUT2D eigenvalue weighted by Crippen LogP contribution is 2.22. The zero-order valence-corrected chi connectivity index (χ0v) is 9.31. The molecule has 0 saturated heterocycles. The minimum absolute atomic E-state index is 0.154. The van der Waals surface area contributed by atoms with Gasteiger partial charge in [-0.2, -0.15) is 0 Å². The van der Waals surface area contributed by atoms with E-state index < -0.39 is 9.84 Å². The summed E-state index contributed by atoms with van der Waals surface area (Å²) in [5.74, 6) is 0. The molecule has 16 heavy (non-hydrogen) atoms. The predicted molar refractivity (Wildman–Crippen MR) is 61.7 cm³/mol. The molecule has 2 aromatic rings. The van der Waals surface area contributed by atoms with E-state index in [0.717, 1.165) is 0 Å². The van der Waals surface area contributed by atoms with E-state index in [-0.39, 0.29) is 15.4 Å². The van der Waals surface area contributed by atoms with Crippen molar-refractivity contribution in [1.82, 2.24) is 0 Å². The third-order valence-electron chi connectivity index (χ3n) is 2.26. The maximum absolute atomic E-state index is 12.2. The molecule has 0 amide bonds. The fourth-order valence-corrected chi connectivity index (χ4v) is 2.86. The van der Waals surface area contributed by atoms with Crippen LogP contribution in [0.25, 0.3) is 0 Å². The highest BCUT2D eigenvalue weighted by atomic mass is 32.2. The second-order valence-corrected chi connectivity index (χ2v) is 5.27. The van der Waals surface area contributed by atoms with Gasteiger partial charge in [-0.3, -0.25) is 0 Å². The molecular weight excluding hydrogens is 220 g/mol. The number of sulfone groups is 1. The Bertz CT molecular complexity index is 586. The van der Waals surface area contributed by atoms with Crippen LogP contribution in [0.4, 0.5) is 0 Å². The van der Waals surface area contributed by atoms with Crippen molar-refractivity contribution in [1.29, 1.82) is 0 Å². The SMILES string of the molecule is [CH]c1ccccc1S(=O)(=O)c1ccccc1. The molecule has 0 aliphatic rings. The van der Waals surface area contributed by atoms with Gasteiger partial charge in [0, 0.05) is 6.92 Å². The van der Waals surface area contributed by atoms with Crippen LogP contribution in [0.1, 0.15) is 5.56 Å². The van der Waals surface area contributed by atoms with Gasteiger partial charge in [-0.1, -0.05) is 36.4 Å². The summed E-state index contributed by atoms with van der Waals surface area (Å²) in [6, 6.07) is 14.7. The van der Waals surface area contributed by atoms with Gasteiger partial charge in [-0.25, -0.2) is 8.42 Å². The minimum atomic E-state index is -3.49. The molecule has 0 unspecified atom stereocenters. The maximum Gasteiger partial charge on any atom is 0.206 e. The summed E-state index contributed by atoms with van der Waals surface area (Å²) in [5.41, 5.74) is 0.270. The Kier molecular flexibility index (Phi) is 2.79. The predicted octanol–water partition coefficient (Wildman–Crippen LogP) is 2.58. The van der Waals surface area contributed by atoms with Gasteiger partial charge in [0.05, 0.1) is 9.79 Å². The number of hydrogen-bond donors (Lipinski definition) is 0. The molecule has 0 spiro atoms. The molecule has 2 rings (SSSR count). The third kappa shape index (κ3) is 1.86. The van der Waals surface area contributed by atoms with Crippen LogP contribution in [0.5, 0.6) is 0 Å². The molecule has 2 nitrogen and oxygen atoms in total. The first-order valence-corrected chi connectivity index (χ1v) is 6.25. The average Bonchev–Trinajstić information content (AvgIpc) is 2.30. The first-order valence-electron chi connectivity index (χ1n) is 4.77. The molecule has 0 aliphatic heterocycles. The van der Waals surface area contributed by atoms with Gasteiger partial charge < -0.3 is 0 Å². The van der Waals surface area contributed by atoms with Crippen LogP contribution in [0.2, 0.25) is 0 Å². The lowest BCUT2D eigenvalue weighted by molar-refractivity contribution is 0.596. The van der Waals surface area contributed by atoms with Crippen molar-refractivity contribution >= 4 is 9.84 Å². The van der Waals surface area contributed by atoms with E-state index in [4.69, 9.17) is 6.92 Å². The van der Waals surface area contributed by atoms with E-state index in [2.05, 4.69) is 0 Å². The second-order valence-electron chi connectivity index (χ2n) is 3.35. The van der Waals surface area contributed by atoms with E-state index in [0.29, 0.717) is 0 Å². The Morgan fingerprint density at radius 2 is 1.38 bits per heavy atom. The smallest absolute Gasteiger partial charge is 0.206 e. The summed E-state index contributed by atoms with van der Waals surface area (Å²) in [6.45, 7) is 5.66. The van der Waals surface area contributed by atoms with Crippen molar-refractivity contribution < 1.29 is 8.42 Å².